The van der Waals surface area contributed by atoms with Gasteiger partial charge in [0.25, 0.3) is 0 Å². The molecular weight excluding hydrogens is 376 g/mol. The van der Waals surface area contributed by atoms with Crippen LogP contribution in [0, 0.1) is 0 Å². The fourth-order valence-electron chi connectivity index (χ4n) is 4.30. The number of H-pyrrole nitrogens is 1. The van der Waals surface area contributed by atoms with Crippen molar-refractivity contribution < 1.29 is 4.74 Å². The van der Waals surface area contributed by atoms with Gasteiger partial charge in [-0.3, -0.25) is 0 Å². The third kappa shape index (κ3) is 4.81. The van der Waals surface area contributed by atoms with Crippen LogP contribution in [0.25, 0.3) is 10.9 Å². The van der Waals surface area contributed by atoms with Gasteiger partial charge < -0.3 is 14.6 Å². The highest BCUT2D eigenvalue weighted by Gasteiger charge is 2.22. The number of para-hydroxylation sites is 1. The zero-order valence-electron chi connectivity index (χ0n) is 17.6. The number of likely N-dealkylation sites (tertiary alicyclic amines) is 1. The largest absolute Gasteiger partial charge is 0.492 e. The second-order valence-corrected chi connectivity index (χ2v) is 9.08. The number of hydrogen-bond acceptors (Lipinski definition) is 3. The van der Waals surface area contributed by atoms with Gasteiger partial charge >= 0.3 is 0 Å². The molecule has 3 aromatic rings. The maximum atomic E-state index is 5.95. The molecule has 0 aliphatic carbocycles. The first-order valence-corrected chi connectivity index (χ1v) is 11.8. The number of nitrogens with one attached hydrogen (secondary N) is 1. The van der Waals surface area contributed by atoms with E-state index in [0.717, 1.165) is 18.8 Å². The van der Waals surface area contributed by atoms with Gasteiger partial charge in [0.05, 0.1) is 11.5 Å². The van der Waals surface area contributed by atoms with Crippen LogP contribution in [0.15, 0.2) is 58.5 Å². The van der Waals surface area contributed by atoms with Gasteiger partial charge in [-0.15, -0.1) is 0 Å². The molecule has 4 heteroatoms. The molecule has 1 aromatic heterocycles. The molecule has 1 fully saturated rings. The van der Waals surface area contributed by atoms with E-state index < -0.39 is 0 Å². The average molecular weight is 409 g/mol. The minimum Gasteiger partial charge on any atom is -0.492 e. The molecule has 0 unspecified atom stereocenters. The first-order chi connectivity index (χ1) is 14.3. The Morgan fingerprint density at radius 1 is 1.07 bits per heavy atom. The van der Waals surface area contributed by atoms with Gasteiger partial charge in [0, 0.05) is 22.0 Å². The van der Waals surface area contributed by atoms with Crippen LogP contribution >= 0.6 is 11.8 Å². The van der Waals surface area contributed by atoms with E-state index in [4.69, 9.17) is 4.74 Å². The molecule has 1 aliphatic heterocycles. The van der Waals surface area contributed by atoms with Gasteiger partial charge in [0.15, 0.2) is 0 Å². The highest BCUT2D eigenvalue weighted by atomic mass is 32.2. The summed E-state index contributed by atoms with van der Waals surface area (Å²) in [5.41, 5.74) is 2.74. The number of nitrogens with zero attached hydrogens (tertiary/aromatic N) is 1. The lowest BCUT2D eigenvalue weighted by Crippen LogP contribution is -2.33. The van der Waals surface area contributed by atoms with Crippen LogP contribution in [0.5, 0.6) is 5.75 Å². The number of piperidine rings is 1. The Kier molecular flexibility index (Phi) is 6.83. The van der Waals surface area contributed by atoms with Gasteiger partial charge in [0.2, 0.25) is 0 Å². The highest BCUT2D eigenvalue weighted by molar-refractivity contribution is 7.99. The summed E-state index contributed by atoms with van der Waals surface area (Å²) in [6, 6.07) is 15.2. The predicted octanol–water partition coefficient (Wildman–Crippen LogP) is 6.70. The summed E-state index contributed by atoms with van der Waals surface area (Å²) in [6.45, 7) is 8.86. The van der Waals surface area contributed by atoms with Crippen molar-refractivity contribution in [1.29, 1.82) is 0 Å². The number of aromatic nitrogens is 1. The Morgan fingerprint density at radius 2 is 1.90 bits per heavy atom. The molecular formula is C25H32N2OS. The van der Waals surface area contributed by atoms with E-state index in [2.05, 4.69) is 66.3 Å². The molecule has 1 N–H and O–H groups in total. The standard InChI is InChI=1S/C25H32N2OS/c1-3-13-27-14-11-19(12-15-27)22-18-26-23-10-9-20(17-21(22)23)29-25-8-6-5-7-24(25)28-16-4-2/h5-10,17-19,26H,3-4,11-16H2,1-2H3. The molecule has 0 spiro atoms. The molecule has 0 amide bonds. The summed E-state index contributed by atoms with van der Waals surface area (Å²) < 4.78 is 5.95. The van der Waals surface area contributed by atoms with Crippen molar-refractivity contribution in [3.8, 4) is 5.75 Å². The summed E-state index contributed by atoms with van der Waals surface area (Å²) >= 11 is 1.80. The summed E-state index contributed by atoms with van der Waals surface area (Å²) in [4.78, 5) is 8.57. The second-order valence-electron chi connectivity index (χ2n) is 7.96. The van der Waals surface area contributed by atoms with Crippen molar-refractivity contribution in [2.45, 2.75) is 55.2 Å². The maximum absolute atomic E-state index is 5.95. The predicted molar refractivity (Wildman–Crippen MR) is 123 cm³/mol. The van der Waals surface area contributed by atoms with Gasteiger partial charge in [-0.2, -0.15) is 0 Å². The number of rotatable bonds is 8. The molecule has 1 aliphatic rings. The van der Waals surface area contributed by atoms with Crippen LogP contribution in [-0.2, 0) is 0 Å². The molecule has 2 aromatic carbocycles. The summed E-state index contributed by atoms with van der Waals surface area (Å²) in [5.74, 6) is 1.65. The first-order valence-electron chi connectivity index (χ1n) is 11.0. The first kappa shape index (κ1) is 20.4. The number of benzene rings is 2. The van der Waals surface area contributed by atoms with E-state index in [0.29, 0.717) is 5.92 Å². The van der Waals surface area contributed by atoms with E-state index in [-0.39, 0.29) is 0 Å². The molecule has 4 rings (SSSR count). The summed E-state index contributed by atoms with van der Waals surface area (Å²) in [7, 11) is 0. The van der Waals surface area contributed by atoms with E-state index in [1.54, 1.807) is 11.8 Å². The molecule has 2 heterocycles. The van der Waals surface area contributed by atoms with Crippen molar-refractivity contribution in [1.82, 2.24) is 9.88 Å². The van der Waals surface area contributed by atoms with Crippen LogP contribution in [0.1, 0.15) is 51.0 Å². The number of ether oxygens (including phenoxy) is 1. The summed E-state index contributed by atoms with van der Waals surface area (Å²) in [6.07, 6.45) is 7.05. The molecule has 3 nitrogen and oxygen atoms in total. The molecule has 1 saturated heterocycles. The monoisotopic (exact) mass is 408 g/mol. The van der Waals surface area contributed by atoms with E-state index in [1.165, 1.54) is 65.2 Å². The second kappa shape index (κ2) is 9.73. The zero-order valence-corrected chi connectivity index (χ0v) is 18.4. The Bertz CT molecular complexity index is 927. The molecule has 154 valence electrons. The lowest BCUT2D eigenvalue weighted by Gasteiger charge is -2.31. The highest BCUT2D eigenvalue weighted by Crippen LogP contribution is 2.39. The van der Waals surface area contributed by atoms with Gasteiger partial charge in [-0.1, -0.05) is 37.7 Å². The summed E-state index contributed by atoms with van der Waals surface area (Å²) in [5, 5.41) is 1.39. The third-order valence-electron chi connectivity index (χ3n) is 5.79. The van der Waals surface area contributed by atoms with Crippen molar-refractivity contribution in [2.75, 3.05) is 26.2 Å². The minimum absolute atomic E-state index is 0.664. The SMILES string of the molecule is CCCOc1ccccc1Sc1ccc2[nH]cc(C3CCN(CCC)CC3)c2c1. The van der Waals surface area contributed by atoms with Crippen LogP contribution in [0.2, 0.25) is 0 Å². The fourth-order valence-corrected chi connectivity index (χ4v) is 5.24. The molecule has 29 heavy (non-hydrogen) atoms. The quantitative estimate of drug-likeness (QED) is 0.450. The topological polar surface area (TPSA) is 28.3 Å². The fraction of sp³-hybridized carbons (Fsp3) is 0.440. The Labute approximate surface area is 178 Å². The van der Waals surface area contributed by atoms with Crippen molar-refractivity contribution in [3.05, 3.63) is 54.2 Å². The van der Waals surface area contributed by atoms with Gasteiger partial charge in [-0.25, -0.2) is 0 Å². The van der Waals surface area contributed by atoms with Gasteiger partial charge in [0.1, 0.15) is 5.75 Å². The maximum Gasteiger partial charge on any atom is 0.133 e. The minimum atomic E-state index is 0.664. The lowest BCUT2D eigenvalue weighted by molar-refractivity contribution is 0.213. The number of hydrogen-bond donors (Lipinski definition) is 1. The number of aromatic amines is 1. The van der Waals surface area contributed by atoms with E-state index in [1.807, 2.05) is 6.07 Å². The Balaban J connectivity index is 1.54. The van der Waals surface area contributed by atoms with Gasteiger partial charge in [-0.05, 0) is 87.1 Å². The van der Waals surface area contributed by atoms with Crippen LogP contribution < -0.4 is 4.74 Å². The van der Waals surface area contributed by atoms with Crippen LogP contribution in [0.4, 0.5) is 0 Å². The Hall–Kier alpha value is -1.91. The molecule has 0 bridgehead atoms. The third-order valence-corrected chi connectivity index (χ3v) is 6.84. The van der Waals surface area contributed by atoms with Crippen molar-refractivity contribution in [3.63, 3.8) is 0 Å². The molecule has 0 atom stereocenters. The zero-order chi connectivity index (χ0) is 20.1. The Morgan fingerprint density at radius 3 is 2.69 bits per heavy atom. The number of fused-ring (bicyclic) bond motifs is 1. The molecule has 0 saturated carbocycles. The smallest absolute Gasteiger partial charge is 0.133 e. The van der Waals surface area contributed by atoms with E-state index in [9.17, 15) is 0 Å². The average Bonchev–Trinajstić information content (AvgIpc) is 3.17. The van der Waals surface area contributed by atoms with Crippen LogP contribution in [-0.4, -0.2) is 36.1 Å². The molecule has 0 radical (unpaired) electrons. The normalized spacial score (nSPS) is 15.8. The van der Waals surface area contributed by atoms with Crippen LogP contribution in [0.3, 0.4) is 0 Å². The van der Waals surface area contributed by atoms with Crippen molar-refractivity contribution in [2.24, 2.45) is 0 Å². The van der Waals surface area contributed by atoms with E-state index >= 15 is 0 Å². The lowest BCUT2D eigenvalue weighted by atomic mass is 9.89. The van der Waals surface area contributed by atoms with Crippen molar-refractivity contribution >= 4 is 22.7 Å².